The highest BCUT2D eigenvalue weighted by Crippen LogP contribution is 2.25. The fraction of sp³-hybridized carbons (Fsp3) is 0.125. The van der Waals surface area contributed by atoms with E-state index in [0.717, 1.165) is 11.1 Å². The number of hydrogen-bond donors (Lipinski definition) is 0. The van der Waals surface area contributed by atoms with Gasteiger partial charge in [0.1, 0.15) is 0 Å². The van der Waals surface area contributed by atoms with Crippen molar-refractivity contribution in [3.63, 3.8) is 0 Å². The molecule has 0 aliphatic carbocycles. The minimum absolute atomic E-state index is 0.290. The maximum Gasteiger partial charge on any atom is 0.268 e. The molecule has 3 aromatic rings. The van der Waals surface area contributed by atoms with Crippen molar-refractivity contribution in [2.24, 2.45) is 0 Å². The zero-order valence-corrected chi connectivity index (χ0v) is 12.7. The molecule has 1 aromatic heterocycles. The van der Waals surface area contributed by atoms with E-state index >= 15 is 0 Å². The van der Waals surface area contributed by atoms with Crippen molar-refractivity contribution in [2.45, 2.75) is 4.90 Å². The summed E-state index contributed by atoms with van der Waals surface area (Å²) in [5.74, 6) is 0. The van der Waals surface area contributed by atoms with Crippen LogP contribution in [0.15, 0.2) is 65.7 Å². The van der Waals surface area contributed by atoms with Gasteiger partial charge in [-0.25, -0.2) is 12.4 Å². The first-order valence-corrected chi connectivity index (χ1v) is 8.03. The van der Waals surface area contributed by atoms with E-state index in [2.05, 4.69) is 0 Å². The van der Waals surface area contributed by atoms with Crippen LogP contribution in [-0.4, -0.2) is 26.5 Å². The van der Waals surface area contributed by atoms with Crippen LogP contribution in [-0.2, 0) is 10.0 Å². The van der Waals surface area contributed by atoms with Crippen LogP contribution in [0.2, 0.25) is 0 Å². The first-order valence-electron chi connectivity index (χ1n) is 6.59. The molecule has 0 saturated heterocycles. The van der Waals surface area contributed by atoms with Gasteiger partial charge in [0.25, 0.3) is 10.0 Å². The number of aromatic nitrogens is 1. The third kappa shape index (κ3) is 2.29. The molecule has 1 heterocycles. The van der Waals surface area contributed by atoms with Crippen LogP contribution in [0.4, 0.5) is 5.69 Å². The number of benzene rings is 2. The summed E-state index contributed by atoms with van der Waals surface area (Å²) in [6.45, 7) is 0. The quantitative estimate of drug-likeness (QED) is 0.747. The molecule has 4 nitrogen and oxygen atoms in total. The fourth-order valence-corrected chi connectivity index (χ4v) is 3.65. The summed E-state index contributed by atoms with van der Waals surface area (Å²) in [5.41, 5.74) is 1.65. The molecular weight excluding hydrogens is 284 g/mol. The van der Waals surface area contributed by atoms with Crippen LogP contribution in [0.1, 0.15) is 0 Å². The predicted octanol–water partition coefficient (Wildman–Crippen LogP) is 2.94. The van der Waals surface area contributed by atoms with Crippen molar-refractivity contribution in [2.75, 3.05) is 19.0 Å². The molecule has 0 fully saturated rings. The van der Waals surface area contributed by atoms with Crippen LogP contribution < -0.4 is 4.90 Å². The molecule has 0 N–H and O–H groups in total. The van der Waals surface area contributed by atoms with E-state index in [1.54, 1.807) is 36.5 Å². The lowest BCUT2D eigenvalue weighted by Crippen LogP contribution is -2.12. The van der Waals surface area contributed by atoms with Crippen molar-refractivity contribution < 1.29 is 8.42 Å². The van der Waals surface area contributed by atoms with E-state index < -0.39 is 10.0 Å². The van der Waals surface area contributed by atoms with Gasteiger partial charge in [-0.05, 0) is 30.3 Å². The number of nitrogens with zero attached hydrogens (tertiary/aromatic N) is 2. The predicted molar refractivity (Wildman–Crippen MR) is 85.3 cm³/mol. The zero-order chi connectivity index (χ0) is 15.0. The molecule has 0 aliphatic rings. The second-order valence-electron chi connectivity index (χ2n) is 5.07. The molecule has 0 unspecified atom stereocenters. The molecule has 0 spiro atoms. The summed E-state index contributed by atoms with van der Waals surface area (Å²) in [6, 6.07) is 16.1. The maximum atomic E-state index is 12.7. The van der Waals surface area contributed by atoms with Crippen molar-refractivity contribution in [1.29, 1.82) is 0 Å². The molecule has 0 atom stereocenters. The smallest absolute Gasteiger partial charge is 0.268 e. The van der Waals surface area contributed by atoms with Crippen molar-refractivity contribution >= 4 is 26.6 Å². The Hall–Kier alpha value is -2.27. The lowest BCUT2D eigenvalue weighted by atomic mass is 10.2. The van der Waals surface area contributed by atoms with Crippen LogP contribution in [0, 0.1) is 0 Å². The highest BCUT2D eigenvalue weighted by molar-refractivity contribution is 7.90. The number of anilines is 1. The summed E-state index contributed by atoms with van der Waals surface area (Å²) in [6.07, 6.45) is 1.60. The summed E-state index contributed by atoms with van der Waals surface area (Å²) in [5, 5.41) is 0.903. The molecule has 3 rings (SSSR count). The van der Waals surface area contributed by atoms with Gasteiger partial charge in [-0.1, -0.05) is 24.3 Å². The van der Waals surface area contributed by atoms with E-state index in [4.69, 9.17) is 0 Å². The molecular formula is C16H16N2O2S. The van der Waals surface area contributed by atoms with Crippen LogP contribution in [0.25, 0.3) is 10.9 Å². The second kappa shape index (κ2) is 4.93. The fourth-order valence-electron chi connectivity index (χ4n) is 2.29. The van der Waals surface area contributed by atoms with Crippen LogP contribution >= 0.6 is 0 Å². The zero-order valence-electron chi connectivity index (χ0n) is 11.9. The lowest BCUT2D eigenvalue weighted by Gasteiger charge is -2.13. The van der Waals surface area contributed by atoms with E-state index in [1.807, 2.05) is 43.3 Å². The van der Waals surface area contributed by atoms with Gasteiger partial charge in [0, 0.05) is 31.4 Å². The largest absolute Gasteiger partial charge is 0.378 e. The van der Waals surface area contributed by atoms with Crippen molar-refractivity contribution in [3.8, 4) is 0 Å². The first kappa shape index (κ1) is 13.7. The molecule has 108 valence electrons. The van der Waals surface area contributed by atoms with Gasteiger partial charge in [-0.2, -0.15) is 0 Å². The van der Waals surface area contributed by atoms with Gasteiger partial charge in [-0.15, -0.1) is 0 Å². The van der Waals surface area contributed by atoms with Gasteiger partial charge in [0.2, 0.25) is 0 Å². The topological polar surface area (TPSA) is 42.3 Å². The van der Waals surface area contributed by atoms with E-state index in [-0.39, 0.29) is 4.90 Å². The SMILES string of the molecule is CN(C)c1ccc2ccn(S(=O)(=O)c3ccccc3)c2c1. The van der Waals surface area contributed by atoms with Crippen molar-refractivity contribution in [1.82, 2.24) is 3.97 Å². The Morgan fingerprint density at radius 2 is 1.67 bits per heavy atom. The minimum atomic E-state index is -3.57. The Labute approximate surface area is 124 Å². The van der Waals surface area contributed by atoms with Gasteiger partial charge in [0.15, 0.2) is 0 Å². The van der Waals surface area contributed by atoms with Gasteiger partial charge < -0.3 is 4.90 Å². The van der Waals surface area contributed by atoms with Gasteiger partial charge >= 0.3 is 0 Å². The van der Waals surface area contributed by atoms with E-state index in [0.29, 0.717) is 5.52 Å². The summed E-state index contributed by atoms with van der Waals surface area (Å²) in [7, 11) is 0.295. The number of fused-ring (bicyclic) bond motifs is 1. The highest BCUT2D eigenvalue weighted by Gasteiger charge is 2.18. The van der Waals surface area contributed by atoms with E-state index in [9.17, 15) is 8.42 Å². The van der Waals surface area contributed by atoms with Crippen LogP contribution in [0.3, 0.4) is 0 Å². The summed E-state index contributed by atoms with van der Waals surface area (Å²) < 4.78 is 26.8. The number of hydrogen-bond acceptors (Lipinski definition) is 3. The monoisotopic (exact) mass is 300 g/mol. The first-order chi connectivity index (χ1) is 10.00. The molecule has 0 saturated carbocycles. The van der Waals surface area contributed by atoms with Crippen molar-refractivity contribution in [3.05, 3.63) is 60.8 Å². The molecule has 21 heavy (non-hydrogen) atoms. The average Bonchev–Trinajstić information content (AvgIpc) is 2.91. The third-order valence-electron chi connectivity index (χ3n) is 3.46. The molecule has 0 aliphatic heterocycles. The number of rotatable bonds is 3. The Morgan fingerprint density at radius 3 is 2.33 bits per heavy atom. The molecule has 0 amide bonds. The summed E-state index contributed by atoms with van der Waals surface area (Å²) in [4.78, 5) is 2.24. The molecule has 5 heteroatoms. The Kier molecular flexibility index (Phi) is 3.22. The Morgan fingerprint density at radius 1 is 0.952 bits per heavy atom. The van der Waals surface area contributed by atoms with Gasteiger partial charge in [-0.3, -0.25) is 0 Å². The maximum absolute atomic E-state index is 12.7. The second-order valence-corrected chi connectivity index (χ2v) is 6.88. The van der Waals surface area contributed by atoms with Gasteiger partial charge in [0.05, 0.1) is 10.4 Å². The minimum Gasteiger partial charge on any atom is -0.378 e. The normalized spacial score (nSPS) is 11.7. The van der Waals surface area contributed by atoms with Crippen LogP contribution in [0.5, 0.6) is 0 Å². The Bertz CT molecular complexity index is 881. The molecule has 2 aromatic carbocycles. The Balaban J connectivity index is 2.23. The lowest BCUT2D eigenvalue weighted by molar-refractivity contribution is 0.589. The molecule has 0 radical (unpaired) electrons. The average molecular weight is 300 g/mol. The summed E-state index contributed by atoms with van der Waals surface area (Å²) >= 11 is 0. The standard InChI is InChI=1S/C16H16N2O2S/c1-17(2)14-9-8-13-10-11-18(16(13)12-14)21(19,20)15-6-4-3-5-7-15/h3-12H,1-2H3. The third-order valence-corrected chi connectivity index (χ3v) is 5.16. The molecule has 0 bridgehead atoms. The highest BCUT2D eigenvalue weighted by atomic mass is 32.2. The van der Waals surface area contributed by atoms with E-state index in [1.165, 1.54) is 3.97 Å².